The quantitative estimate of drug-likeness (QED) is 0.269. The normalized spacial score (nSPS) is 10.7. The van der Waals surface area contributed by atoms with E-state index in [1.807, 2.05) is 0 Å². The van der Waals surface area contributed by atoms with E-state index in [1.165, 1.54) is 49.7 Å². The van der Waals surface area contributed by atoms with Gasteiger partial charge in [-0.25, -0.2) is 0 Å². The predicted molar refractivity (Wildman–Crippen MR) is 133 cm³/mol. The Labute approximate surface area is 184 Å². The lowest BCUT2D eigenvalue weighted by Crippen LogP contribution is -1.97. The van der Waals surface area contributed by atoms with Crippen LogP contribution in [-0.4, -0.2) is 0 Å². The van der Waals surface area contributed by atoms with E-state index < -0.39 is 0 Å². The minimum atomic E-state index is 1.22. The van der Waals surface area contributed by atoms with Gasteiger partial charge in [-0.1, -0.05) is 127 Å². The van der Waals surface area contributed by atoms with Crippen LogP contribution in [0.5, 0.6) is 0 Å². The Balaban J connectivity index is 1.87. The monoisotopic (exact) mass is 396 g/mol. The second-order valence-corrected chi connectivity index (χ2v) is 7.91. The van der Waals surface area contributed by atoms with E-state index in [4.69, 9.17) is 0 Å². The van der Waals surface area contributed by atoms with Crippen molar-refractivity contribution >= 4 is 21.9 Å². The third kappa shape index (κ3) is 3.93. The van der Waals surface area contributed by atoms with Crippen LogP contribution < -0.4 is 0 Å². The lowest BCUT2D eigenvalue weighted by Gasteiger charge is -2.18. The number of benzene rings is 5. The smallest absolute Gasteiger partial charge is 0.00266 e. The molecule has 0 saturated heterocycles. The van der Waals surface area contributed by atoms with Crippen molar-refractivity contribution in [1.29, 1.82) is 0 Å². The molecule has 0 radical (unpaired) electrons. The summed E-state index contributed by atoms with van der Waals surface area (Å²) in [5, 5.41) is 2.51. The Bertz CT molecular complexity index is 1300. The highest BCUT2D eigenvalue weighted by atomic mass is 14.2. The highest BCUT2D eigenvalue weighted by Crippen LogP contribution is 2.37. The first-order chi connectivity index (χ1) is 15.3. The second-order valence-electron chi connectivity index (χ2n) is 7.91. The Morgan fingerprint density at radius 2 is 0.839 bits per heavy atom. The Morgan fingerprint density at radius 3 is 1.45 bits per heavy atom. The molecule has 5 aromatic rings. The molecule has 31 heavy (non-hydrogen) atoms. The molecule has 0 amide bonds. The predicted octanol–water partition coefficient (Wildman–Crippen LogP) is 8.16. The molecule has 0 fully saturated rings. The van der Waals surface area contributed by atoms with Crippen molar-refractivity contribution in [2.75, 3.05) is 0 Å². The summed E-state index contributed by atoms with van der Waals surface area (Å²) in [6, 6.07) is 45.7. The average Bonchev–Trinajstić information content (AvgIpc) is 2.84. The Morgan fingerprint density at radius 1 is 0.387 bits per heavy atom. The van der Waals surface area contributed by atoms with Crippen LogP contribution in [-0.2, 0) is 0 Å². The molecule has 148 valence electrons. The summed E-state index contributed by atoms with van der Waals surface area (Å²) in [6.45, 7) is 2.14. The van der Waals surface area contributed by atoms with E-state index in [2.05, 4.69) is 134 Å². The van der Waals surface area contributed by atoms with Crippen molar-refractivity contribution in [2.24, 2.45) is 0 Å². The van der Waals surface area contributed by atoms with Gasteiger partial charge in [-0.2, -0.15) is 0 Å². The molecule has 0 aliphatic heterocycles. The van der Waals surface area contributed by atoms with Gasteiger partial charge in [-0.3, -0.25) is 0 Å². The zero-order valence-electron chi connectivity index (χ0n) is 17.6. The van der Waals surface area contributed by atoms with Gasteiger partial charge in [-0.05, 0) is 57.2 Å². The first-order valence-electron chi connectivity index (χ1n) is 10.7. The number of rotatable bonds is 4. The summed E-state index contributed by atoms with van der Waals surface area (Å²) in [5.41, 5.74) is 8.66. The summed E-state index contributed by atoms with van der Waals surface area (Å²) in [5.74, 6) is 0. The summed E-state index contributed by atoms with van der Waals surface area (Å²) in [4.78, 5) is 0. The first kappa shape index (κ1) is 19.1. The van der Waals surface area contributed by atoms with Gasteiger partial charge in [0.1, 0.15) is 0 Å². The molecule has 5 rings (SSSR count). The molecule has 5 aromatic carbocycles. The maximum absolute atomic E-state index is 2.32. The minimum Gasteiger partial charge on any atom is -0.0622 e. The van der Waals surface area contributed by atoms with Crippen molar-refractivity contribution in [3.63, 3.8) is 0 Å². The topological polar surface area (TPSA) is 0 Å². The summed E-state index contributed by atoms with van der Waals surface area (Å²) in [6.07, 6.45) is 0. The van der Waals surface area contributed by atoms with Crippen molar-refractivity contribution in [1.82, 2.24) is 0 Å². The van der Waals surface area contributed by atoms with Crippen LogP contribution in [0.1, 0.15) is 27.8 Å². The standard InChI is InChI=1S/C31H24/c1-23-16-18-27(19-17-23)31(29-21-20-24-10-8-9-15-28(24)22-29)30(25-11-4-2-5-12-25)26-13-6-3-7-14-26/h2-22H,1H3. The molecule has 0 aliphatic carbocycles. The fraction of sp³-hybridized carbons (Fsp3) is 0.0323. The van der Waals surface area contributed by atoms with Crippen molar-refractivity contribution in [3.8, 4) is 0 Å². The van der Waals surface area contributed by atoms with Gasteiger partial charge >= 0.3 is 0 Å². The molecule has 0 aliphatic rings. The van der Waals surface area contributed by atoms with Crippen molar-refractivity contribution in [2.45, 2.75) is 6.92 Å². The van der Waals surface area contributed by atoms with E-state index >= 15 is 0 Å². The number of hydrogen-bond donors (Lipinski definition) is 0. The van der Waals surface area contributed by atoms with Gasteiger partial charge in [0.05, 0.1) is 0 Å². The third-order valence-corrected chi connectivity index (χ3v) is 5.75. The zero-order valence-corrected chi connectivity index (χ0v) is 17.6. The van der Waals surface area contributed by atoms with Crippen molar-refractivity contribution in [3.05, 3.63) is 155 Å². The van der Waals surface area contributed by atoms with Crippen LogP contribution in [0.25, 0.3) is 21.9 Å². The Kier molecular flexibility index (Phi) is 5.21. The molecule has 0 atom stereocenters. The van der Waals surface area contributed by atoms with E-state index in [-0.39, 0.29) is 0 Å². The van der Waals surface area contributed by atoms with Crippen LogP contribution >= 0.6 is 0 Å². The molecule has 0 bridgehead atoms. The van der Waals surface area contributed by atoms with Crippen LogP contribution in [0.4, 0.5) is 0 Å². The number of hydrogen-bond acceptors (Lipinski definition) is 0. The highest BCUT2D eigenvalue weighted by molar-refractivity contribution is 6.05. The van der Waals surface area contributed by atoms with Crippen LogP contribution in [0, 0.1) is 6.92 Å². The number of fused-ring (bicyclic) bond motifs is 1. The van der Waals surface area contributed by atoms with Gasteiger partial charge in [0, 0.05) is 0 Å². The molecular weight excluding hydrogens is 372 g/mol. The first-order valence-corrected chi connectivity index (χ1v) is 10.7. The van der Waals surface area contributed by atoms with Gasteiger partial charge in [-0.15, -0.1) is 0 Å². The average molecular weight is 397 g/mol. The van der Waals surface area contributed by atoms with Gasteiger partial charge in [0.2, 0.25) is 0 Å². The lowest BCUT2D eigenvalue weighted by molar-refractivity contribution is 1.44. The minimum absolute atomic E-state index is 1.22. The SMILES string of the molecule is Cc1ccc(C(=C(c2ccccc2)c2ccccc2)c2ccc3ccccc3c2)cc1. The molecule has 0 spiro atoms. The highest BCUT2D eigenvalue weighted by Gasteiger charge is 2.16. The summed E-state index contributed by atoms with van der Waals surface area (Å²) >= 11 is 0. The lowest BCUT2D eigenvalue weighted by atomic mass is 9.85. The molecule has 0 heterocycles. The Hall–Kier alpha value is -3.90. The molecule has 0 unspecified atom stereocenters. The van der Waals surface area contributed by atoms with Gasteiger partial charge in [0.25, 0.3) is 0 Å². The largest absolute Gasteiger partial charge is 0.0622 e. The van der Waals surface area contributed by atoms with E-state index in [1.54, 1.807) is 0 Å². The van der Waals surface area contributed by atoms with Crippen LogP contribution in [0.3, 0.4) is 0 Å². The summed E-state index contributed by atoms with van der Waals surface area (Å²) in [7, 11) is 0. The number of aryl methyl sites for hydroxylation is 1. The maximum Gasteiger partial charge on any atom is -0.00266 e. The second kappa shape index (κ2) is 8.45. The molecule has 0 aromatic heterocycles. The molecular formula is C31H24. The van der Waals surface area contributed by atoms with E-state index in [0.29, 0.717) is 0 Å². The van der Waals surface area contributed by atoms with Crippen molar-refractivity contribution < 1.29 is 0 Å². The molecule has 0 N–H and O–H groups in total. The third-order valence-electron chi connectivity index (χ3n) is 5.75. The van der Waals surface area contributed by atoms with E-state index in [9.17, 15) is 0 Å². The zero-order chi connectivity index (χ0) is 21.0. The molecule has 0 saturated carbocycles. The van der Waals surface area contributed by atoms with Crippen LogP contribution in [0.15, 0.2) is 127 Å². The molecule has 0 nitrogen and oxygen atoms in total. The maximum atomic E-state index is 2.32. The van der Waals surface area contributed by atoms with E-state index in [0.717, 1.165) is 0 Å². The fourth-order valence-corrected chi connectivity index (χ4v) is 4.19. The fourth-order valence-electron chi connectivity index (χ4n) is 4.19. The molecule has 0 heteroatoms. The van der Waals surface area contributed by atoms with Gasteiger partial charge < -0.3 is 0 Å². The van der Waals surface area contributed by atoms with Gasteiger partial charge in [0.15, 0.2) is 0 Å². The summed E-state index contributed by atoms with van der Waals surface area (Å²) < 4.78 is 0. The van der Waals surface area contributed by atoms with Crippen LogP contribution in [0.2, 0.25) is 0 Å².